The zero-order chi connectivity index (χ0) is 45.8. The molecule has 0 spiro atoms. The molecule has 0 aromatic heterocycles. The standard InChI is InChI=1S/C57H96O6/c1-4-7-10-13-16-19-22-25-27-28-29-30-31-33-35-38-41-44-47-50-56(59)62-53-54(52-61-55(58)49-46-43-40-37-34-24-21-18-15-12-9-6-3)63-57(60)51-48-45-42-39-36-32-26-23-20-17-14-11-8-5-2/h7,10,16,19,23,25-27,29-30,33,35,41,44,54H,4-6,8-9,11-15,17-18,20-22,24,28,31-32,34,36-40,42-43,45-53H2,1-3H3/b10-7-,19-16-,26-23-,27-25-,30-29-,35-33-,44-41-. The summed E-state index contributed by atoms with van der Waals surface area (Å²) >= 11 is 0. The summed E-state index contributed by atoms with van der Waals surface area (Å²) in [6.45, 7) is 6.44. The highest BCUT2D eigenvalue weighted by Crippen LogP contribution is 2.14. The lowest BCUT2D eigenvalue weighted by molar-refractivity contribution is -0.166. The number of ether oxygens (including phenoxy) is 3. The second-order valence-corrected chi connectivity index (χ2v) is 17.1. The maximum Gasteiger partial charge on any atom is 0.306 e. The summed E-state index contributed by atoms with van der Waals surface area (Å²) in [6.07, 6.45) is 65.8. The van der Waals surface area contributed by atoms with E-state index in [2.05, 4.69) is 99.8 Å². The Hall–Kier alpha value is -3.41. The number of carbonyl (C=O) groups is 3. The molecule has 0 amide bonds. The van der Waals surface area contributed by atoms with Gasteiger partial charge in [0.1, 0.15) is 13.2 Å². The van der Waals surface area contributed by atoms with E-state index < -0.39 is 6.10 Å². The molecule has 0 rings (SSSR count). The van der Waals surface area contributed by atoms with Gasteiger partial charge in [-0.1, -0.05) is 221 Å². The minimum Gasteiger partial charge on any atom is -0.462 e. The highest BCUT2D eigenvalue weighted by Gasteiger charge is 2.19. The Balaban J connectivity index is 4.50. The number of esters is 3. The van der Waals surface area contributed by atoms with Gasteiger partial charge >= 0.3 is 17.9 Å². The van der Waals surface area contributed by atoms with Crippen LogP contribution in [0.1, 0.15) is 239 Å². The lowest BCUT2D eigenvalue weighted by atomic mass is 10.0. The van der Waals surface area contributed by atoms with Crippen molar-refractivity contribution in [2.45, 2.75) is 245 Å². The molecule has 0 aliphatic heterocycles. The van der Waals surface area contributed by atoms with Crippen molar-refractivity contribution < 1.29 is 28.6 Å². The smallest absolute Gasteiger partial charge is 0.306 e. The molecule has 0 bridgehead atoms. The van der Waals surface area contributed by atoms with Crippen molar-refractivity contribution in [2.75, 3.05) is 13.2 Å². The van der Waals surface area contributed by atoms with Crippen molar-refractivity contribution in [3.05, 3.63) is 85.1 Å². The van der Waals surface area contributed by atoms with Crippen LogP contribution in [0.4, 0.5) is 0 Å². The first-order valence-corrected chi connectivity index (χ1v) is 26.1. The van der Waals surface area contributed by atoms with Crippen LogP contribution in [-0.4, -0.2) is 37.2 Å². The number of hydrogen-bond donors (Lipinski definition) is 0. The molecule has 1 unspecified atom stereocenters. The van der Waals surface area contributed by atoms with Crippen LogP contribution in [0.25, 0.3) is 0 Å². The van der Waals surface area contributed by atoms with Crippen molar-refractivity contribution in [1.82, 2.24) is 0 Å². The van der Waals surface area contributed by atoms with Crippen LogP contribution in [0.5, 0.6) is 0 Å². The second kappa shape index (κ2) is 51.2. The second-order valence-electron chi connectivity index (χ2n) is 17.1. The molecule has 0 aromatic rings. The zero-order valence-electron chi connectivity index (χ0n) is 41.1. The fourth-order valence-electron chi connectivity index (χ4n) is 6.99. The highest BCUT2D eigenvalue weighted by molar-refractivity contribution is 5.71. The summed E-state index contributed by atoms with van der Waals surface area (Å²) in [5, 5.41) is 0. The SMILES string of the molecule is CC/C=C\C/C=C\C/C=C\C/C=C\C/C=C\C/C=C\CCC(=O)OCC(COC(=O)CCCCCCCCCCCCCC)OC(=O)CCCCCCC/C=C\CCCCCCC. The zero-order valence-corrected chi connectivity index (χ0v) is 41.1. The molecular formula is C57H96O6. The van der Waals surface area contributed by atoms with E-state index >= 15 is 0 Å². The molecule has 0 radical (unpaired) electrons. The van der Waals surface area contributed by atoms with Crippen LogP contribution in [-0.2, 0) is 28.6 Å². The Labute approximate surface area is 388 Å². The summed E-state index contributed by atoms with van der Waals surface area (Å²) in [7, 11) is 0. The van der Waals surface area contributed by atoms with E-state index in [1.54, 1.807) is 0 Å². The fourth-order valence-corrected chi connectivity index (χ4v) is 6.99. The molecule has 0 aromatic carbocycles. The molecule has 0 aliphatic carbocycles. The predicted octanol–water partition coefficient (Wildman–Crippen LogP) is 17.2. The van der Waals surface area contributed by atoms with Crippen molar-refractivity contribution in [2.24, 2.45) is 0 Å². The number of rotatable bonds is 46. The van der Waals surface area contributed by atoms with E-state index in [1.807, 2.05) is 6.08 Å². The molecule has 0 heterocycles. The van der Waals surface area contributed by atoms with Gasteiger partial charge in [-0.3, -0.25) is 14.4 Å². The Morgan fingerprint density at radius 2 is 0.651 bits per heavy atom. The van der Waals surface area contributed by atoms with Gasteiger partial charge in [-0.15, -0.1) is 0 Å². The van der Waals surface area contributed by atoms with E-state index in [9.17, 15) is 14.4 Å². The van der Waals surface area contributed by atoms with Gasteiger partial charge in [0.25, 0.3) is 0 Å². The Morgan fingerprint density at radius 3 is 1.06 bits per heavy atom. The molecule has 1 atom stereocenters. The summed E-state index contributed by atoms with van der Waals surface area (Å²) in [5.74, 6) is -0.998. The third-order valence-electron chi connectivity index (χ3n) is 10.9. The lowest BCUT2D eigenvalue weighted by Gasteiger charge is -2.18. The van der Waals surface area contributed by atoms with Crippen LogP contribution in [0.3, 0.4) is 0 Å². The molecule has 63 heavy (non-hydrogen) atoms. The predicted molar refractivity (Wildman–Crippen MR) is 270 cm³/mol. The number of carbonyl (C=O) groups excluding carboxylic acids is 3. The van der Waals surface area contributed by atoms with E-state index in [-0.39, 0.29) is 37.5 Å². The molecule has 6 heteroatoms. The average molecular weight is 877 g/mol. The summed E-state index contributed by atoms with van der Waals surface area (Å²) in [5.41, 5.74) is 0. The summed E-state index contributed by atoms with van der Waals surface area (Å²) in [6, 6.07) is 0. The van der Waals surface area contributed by atoms with Gasteiger partial charge in [0.05, 0.1) is 0 Å². The van der Waals surface area contributed by atoms with Crippen LogP contribution in [0.2, 0.25) is 0 Å². The van der Waals surface area contributed by atoms with Crippen LogP contribution in [0, 0.1) is 0 Å². The molecule has 0 N–H and O–H groups in total. The third kappa shape index (κ3) is 49.5. The first-order valence-electron chi connectivity index (χ1n) is 26.1. The largest absolute Gasteiger partial charge is 0.462 e. The van der Waals surface area contributed by atoms with Gasteiger partial charge in [0, 0.05) is 19.3 Å². The van der Waals surface area contributed by atoms with Crippen molar-refractivity contribution in [3.8, 4) is 0 Å². The summed E-state index contributed by atoms with van der Waals surface area (Å²) in [4.78, 5) is 37.9. The van der Waals surface area contributed by atoms with Gasteiger partial charge in [-0.2, -0.15) is 0 Å². The average Bonchev–Trinajstić information content (AvgIpc) is 3.28. The Kier molecular flexibility index (Phi) is 48.5. The number of unbranched alkanes of at least 4 members (excludes halogenated alkanes) is 21. The monoisotopic (exact) mass is 877 g/mol. The summed E-state index contributed by atoms with van der Waals surface area (Å²) < 4.78 is 16.7. The van der Waals surface area contributed by atoms with Gasteiger partial charge < -0.3 is 14.2 Å². The normalized spacial score (nSPS) is 12.7. The van der Waals surface area contributed by atoms with Crippen LogP contribution in [0.15, 0.2) is 85.1 Å². The van der Waals surface area contributed by atoms with Crippen LogP contribution < -0.4 is 0 Å². The molecule has 0 saturated heterocycles. The Morgan fingerprint density at radius 1 is 0.333 bits per heavy atom. The minimum absolute atomic E-state index is 0.102. The number of hydrogen-bond acceptors (Lipinski definition) is 6. The quantitative estimate of drug-likeness (QED) is 0.0262. The molecule has 0 saturated carbocycles. The maximum absolute atomic E-state index is 12.8. The van der Waals surface area contributed by atoms with E-state index in [4.69, 9.17) is 14.2 Å². The molecule has 0 aliphatic rings. The maximum atomic E-state index is 12.8. The van der Waals surface area contributed by atoms with Gasteiger partial charge in [0.15, 0.2) is 6.10 Å². The molecular weight excluding hydrogens is 781 g/mol. The van der Waals surface area contributed by atoms with E-state index in [1.165, 1.54) is 103 Å². The minimum atomic E-state index is -0.809. The van der Waals surface area contributed by atoms with E-state index in [0.29, 0.717) is 19.3 Å². The van der Waals surface area contributed by atoms with Crippen molar-refractivity contribution >= 4 is 17.9 Å². The highest BCUT2D eigenvalue weighted by atomic mass is 16.6. The topological polar surface area (TPSA) is 78.9 Å². The van der Waals surface area contributed by atoms with Crippen molar-refractivity contribution in [3.63, 3.8) is 0 Å². The van der Waals surface area contributed by atoms with Gasteiger partial charge in [0.2, 0.25) is 0 Å². The van der Waals surface area contributed by atoms with Gasteiger partial charge in [-0.25, -0.2) is 0 Å². The third-order valence-corrected chi connectivity index (χ3v) is 10.9. The fraction of sp³-hybridized carbons (Fsp3) is 0.702. The Bertz CT molecular complexity index is 1240. The van der Waals surface area contributed by atoms with Crippen LogP contribution >= 0.6 is 0 Å². The lowest BCUT2D eigenvalue weighted by Crippen LogP contribution is -2.30. The van der Waals surface area contributed by atoms with Crippen molar-refractivity contribution in [1.29, 1.82) is 0 Å². The van der Waals surface area contributed by atoms with Gasteiger partial charge in [-0.05, 0) is 83.5 Å². The van der Waals surface area contributed by atoms with E-state index in [0.717, 1.165) is 89.9 Å². The first kappa shape index (κ1) is 59.6. The molecule has 0 fully saturated rings. The molecule has 360 valence electrons. The first-order chi connectivity index (χ1) is 31.0. The molecule has 6 nitrogen and oxygen atoms in total. The number of allylic oxidation sites excluding steroid dienone is 14.